The van der Waals surface area contributed by atoms with Crippen molar-refractivity contribution in [3.05, 3.63) is 35.2 Å². The largest absolute Gasteiger partial charge is 0.494 e. The molecule has 0 aliphatic carbocycles. The van der Waals surface area contributed by atoms with E-state index in [1.165, 1.54) is 30.1 Å². The first-order chi connectivity index (χ1) is 10.4. The number of hydrogen-bond donors (Lipinski definition) is 0. The molecule has 0 saturated heterocycles. The molecule has 2 heterocycles. The number of fused-ring (bicyclic) bond motifs is 1. The van der Waals surface area contributed by atoms with Crippen LogP contribution in [0.4, 0.5) is 10.2 Å². The van der Waals surface area contributed by atoms with E-state index in [0.717, 1.165) is 10.4 Å². The van der Waals surface area contributed by atoms with E-state index < -0.39 is 15.8 Å². The van der Waals surface area contributed by atoms with Crippen molar-refractivity contribution in [2.45, 2.75) is 17.9 Å². The van der Waals surface area contributed by atoms with Gasteiger partial charge in [-0.25, -0.2) is 21.8 Å². The molecular weight excluding hydrogens is 333 g/mol. The van der Waals surface area contributed by atoms with Crippen LogP contribution in [0, 0.1) is 5.82 Å². The maximum absolute atomic E-state index is 13.8. The number of rotatable bonds is 3. The third-order valence-electron chi connectivity index (χ3n) is 3.45. The minimum Gasteiger partial charge on any atom is -0.494 e. The van der Waals surface area contributed by atoms with Crippen molar-refractivity contribution in [2.24, 2.45) is 0 Å². The van der Waals surface area contributed by atoms with Gasteiger partial charge in [0.15, 0.2) is 17.4 Å². The third kappa shape index (κ3) is 2.32. The molecule has 1 aromatic carbocycles. The van der Waals surface area contributed by atoms with Gasteiger partial charge in [0.1, 0.15) is 5.02 Å². The normalized spacial score (nSPS) is 14.8. The Morgan fingerprint density at radius 3 is 2.82 bits per heavy atom. The van der Waals surface area contributed by atoms with Gasteiger partial charge in [0.25, 0.3) is 10.0 Å². The molecule has 9 heteroatoms. The summed E-state index contributed by atoms with van der Waals surface area (Å²) in [7, 11) is -2.61. The lowest BCUT2D eigenvalue weighted by Gasteiger charge is -2.29. The van der Waals surface area contributed by atoms with E-state index in [4.69, 9.17) is 16.3 Å². The number of methoxy groups -OCH3 is 1. The molecule has 0 bridgehead atoms. The van der Waals surface area contributed by atoms with Crippen molar-refractivity contribution < 1.29 is 17.5 Å². The Morgan fingerprint density at radius 1 is 1.36 bits per heavy atom. The molecule has 1 aromatic heterocycles. The van der Waals surface area contributed by atoms with E-state index in [0.29, 0.717) is 18.8 Å². The molecule has 0 atom stereocenters. The van der Waals surface area contributed by atoms with Gasteiger partial charge in [-0.3, -0.25) is 0 Å². The van der Waals surface area contributed by atoms with Crippen LogP contribution >= 0.6 is 11.6 Å². The van der Waals surface area contributed by atoms with Crippen molar-refractivity contribution in [1.29, 1.82) is 0 Å². The fourth-order valence-electron chi connectivity index (χ4n) is 2.41. The molecule has 1 aliphatic rings. The highest BCUT2D eigenvalue weighted by Gasteiger charge is 2.32. The summed E-state index contributed by atoms with van der Waals surface area (Å²) in [6, 6.07) is 3.53. The molecule has 22 heavy (non-hydrogen) atoms. The molecule has 0 radical (unpaired) electrons. The zero-order chi connectivity index (χ0) is 15.9. The summed E-state index contributed by atoms with van der Waals surface area (Å²) < 4.78 is 46.8. The Labute approximate surface area is 132 Å². The highest BCUT2D eigenvalue weighted by molar-refractivity contribution is 7.92. The molecule has 0 saturated carbocycles. The molecular formula is C13H13ClFN3O3S. The Balaban J connectivity index is 2.08. The Hall–Kier alpha value is -1.80. The fraction of sp³-hybridized carbons (Fsp3) is 0.308. The number of halogens is 2. The minimum atomic E-state index is -3.92. The van der Waals surface area contributed by atoms with Crippen LogP contribution in [0.5, 0.6) is 5.75 Å². The number of ether oxygens (including phenoxy) is 1. The first kappa shape index (κ1) is 15.1. The smallest absolute Gasteiger partial charge is 0.265 e. The lowest BCUT2D eigenvalue weighted by atomic mass is 10.3. The summed E-state index contributed by atoms with van der Waals surface area (Å²) in [6.45, 7) is 0.854. The molecule has 6 nitrogen and oxygen atoms in total. The Morgan fingerprint density at radius 2 is 2.14 bits per heavy atom. The summed E-state index contributed by atoms with van der Waals surface area (Å²) >= 11 is 6.04. The van der Waals surface area contributed by atoms with Crippen LogP contribution in [-0.2, 0) is 16.6 Å². The summed E-state index contributed by atoms with van der Waals surface area (Å²) in [5.74, 6) is -0.440. The number of aryl methyl sites for hydroxylation is 1. The van der Waals surface area contributed by atoms with Gasteiger partial charge in [-0.2, -0.15) is 5.10 Å². The van der Waals surface area contributed by atoms with E-state index in [-0.39, 0.29) is 22.2 Å². The van der Waals surface area contributed by atoms with Crippen molar-refractivity contribution in [1.82, 2.24) is 9.78 Å². The summed E-state index contributed by atoms with van der Waals surface area (Å²) in [5, 5.41) is 4.29. The van der Waals surface area contributed by atoms with E-state index in [2.05, 4.69) is 5.10 Å². The minimum absolute atomic E-state index is 0.0133. The highest BCUT2D eigenvalue weighted by atomic mass is 35.5. The first-order valence-electron chi connectivity index (χ1n) is 6.52. The summed E-state index contributed by atoms with van der Waals surface area (Å²) in [4.78, 5) is -0.156. The van der Waals surface area contributed by atoms with Crippen molar-refractivity contribution in [2.75, 3.05) is 18.0 Å². The van der Waals surface area contributed by atoms with Gasteiger partial charge in [0.2, 0.25) is 0 Å². The van der Waals surface area contributed by atoms with Gasteiger partial charge in [0, 0.05) is 13.1 Å². The second-order valence-corrected chi connectivity index (χ2v) is 7.04. The Kier molecular flexibility index (Phi) is 3.73. The summed E-state index contributed by atoms with van der Waals surface area (Å²) in [6.07, 6.45) is 2.00. The van der Waals surface area contributed by atoms with Crippen molar-refractivity contribution >= 4 is 27.4 Å². The van der Waals surface area contributed by atoms with Gasteiger partial charge in [-0.05, 0) is 24.6 Å². The topological polar surface area (TPSA) is 64.4 Å². The second kappa shape index (κ2) is 5.44. The van der Waals surface area contributed by atoms with Crippen LogP contribution in [0.1, 0.15) is 6.42 Å². The molecule has 0 amide bonds. The van der Waals surface area contributed by atoms with E-state index in [1.807, 2.05) is 0 Å². The molecule has 0 N–H and O–H groups in total. The molecule has 3 rings (SSSR count). The zero-order valence-electron chi connectivity index (χ0n) is 11.7. The second-order valence-electron chi connectivity index (χ2n) is 4.77. The standard InChI is InChI=1S/C13H13ClFN3O3S/c1-21-12-4-3-9(7-11(12)15)22(19,20)18-6-2-5-17-13(18)10(14)8-16-17/h3-4,7-8H,2,5-6H2,1H3. The predicted octanol–water partition coefficient (Wildman–Crippen LogP) is 2.28. The molecule has 0 spiro atoms. The molecule has 0 unspecified atom stereocenters. The number of nitrogens with zero attached hydrogens (tertiary/aromatic N) is 3. The Bertz CT molecular complexity index is 822. The zero-order valence-corrected chi connectivity index (χ0v) is 13.2. The SMILES string of the molecule is COc1ccc(S(=O)(=O)N2CCCn3ncc(Cl)c32)cc1F. The average Bonchev–Trinajstić information content (AvgIpc) is 2.88. The van der Waals surface area contributed by atoms with Gasteiger partial charge < -0.3 is 4.74 Å². The number of aromatic nitrogens is 2. The fourth-order valence-corrected chi connectivity index (χ4v) is 4.24. The maximum atomic E-state index is 13.8. The van der Waals surface area contributed by atoms with E-state index >= 15 is 0 Å². The summed E-state index contributed by atoms with van der Waals surface area (Å²) in [5.41, 5.74) is 0. The monoisotopic (exact) mass is 345 g/mol. The van der Waals surface area contributed by atoms with Gasteiger partial charge >= 0.3 is 0 Å². The van der Waals surface area contributed by atoms with E-state index in [9.17, 15) is 12.8 Å². The van der Waals surface area contributed by atoms with E-state index in [1.54, 1.807) is 0 Å². The number of anilines is 1. The first-order valence-corrected chi connectivity index (χ1v) is 8.34. The van der Waals surface area contributed by atoms with Crippen molar-refractivity contribution in [3.63, 3.8) is 0 Å². The lowest BCUT2D eigenvalue weighted by Crippen LogP contribution is -2.37. The quantitative estimate of drug-likeness (QED) is 0.856. The van der Waals surface area contributed by atoms with Gasteiger partial charge in [-0.15, -0.1) is 0 Å². The average molecular weight is 346 g/mol. The molecule has 2 aromatic rings. The molecule has 118 valence electrons. The molecule has 0 fully saturated rings. The highest BCUT2D eigenvalue weighted by Crippen LogP contribution is 2.34. The lowest BCUT2D eigenvalue weighted by molar-refractivity contribution is 0.385. The van der Waals surface area contributed by atoms with Crippen molar-refractivity contribution in [3.8, 4) is 5.75 Å². The van der Waals surface area contributed by atoms with Crippen LogP contribution in [0.25, 0.3) is 0 Å². The maximum Gasteiger partial charge on any atom is 0.265 e. The molecule has 1 aliphatic heterocycles. The predicted molar refractivity (Wildman–Crippen MR) is 79.3 cm³/mol. The van der Waals surface area contributed by atoms with Crippen LogP contribution in [-0.4, -0.2) is 31.9 Å². The third-order valence-corrected chi connectivity index (χ3v) is 5.50. The van der Waals surface area contributed by atoms with Crippen LogP contribution in [0.15, 0.2) is 29.3 Å². The number of benzene rings is 1. The van der Waals surface area contributed by atoms with Crippen LogP contribution in [0.2, 0.25) is 5.02 Å². The van der Waals surface area contributed by atoms with Crippen LogP contribution in [0.3, 0.4) is 0 Å². The number of hydrogen-bond acceptors (Lipinski definition) is 4. The number of sulfonamides is 1. The van der Waals surface area contributed by atoms with Gasteiger partial charge in [-0.1, -0.05) is 11.6 Å². The van der Waals surface area contributed by atoms with Gasteiger partial charge in [0.05, 0.1) is 18.2 Å². The van der Waals surface area contributed by atoms with Crippen LogP contribution < -0.4 is 9.04 Å².